The minimum atomic E-state index is -3.15. The molecule has 5 heteroatoms. The van der Waals surface area contributed by atoms with Crippen LogP contribution in [-0.4, -0.2) is 19.2 Å². The summed E-state index contributed by atoms with van der Waals surface area (Å²) >= 11 is 0. The standard InChI is InChI=1S/C9H14N2O2S/c1-3-14(12,13)8-4-7(2)9(5-10)11-6-8/h4,6H,3,5,10H2,1-2H3. The summed E-state index contributed by atoms with van der Waals surface area (Å²) in [5.41, 5.74) is 6.99. The van der Waals surface area contributed by atoms with E-state index in [0.717, 1.165) is 11.3 Å². The Morgan fingerprint density at radius 2 is 2.14 bits per heavy atom. The monoisotopic (exact) mass is 214 g/mol. The third-order valence-electron chi connectivity index (χ3n) is 2.09. The molecule has 0 aliphatic carbocycles. The lowest BCUT2D eigenvalue weighted by Crippen LogP contribution is -2.08. The van der Waals surface area contributed by atoms with Crippen LogP contribution in [0.25, 0.3) is 0 Å². The third kappa shape index (κ3) is 2.10. The lowest BCUT2D eigenvalue weighted by Gasteiger charge is -2.05. The van der Waals surface area contributed by atoms with Gasteiger partial charge in [0.25, 0.3) is 0 Å². The summed E-state index contributed by atoms with van der Waals surface area (Å²) in [6.07, 6.45) is 1.37. The summed E-state index contributed by atoms with van der Waals surface area (Å²) < 4.78 is 23.0. The first-order valence-electron chi connectivity index (χ1n) is 4.39. The molecule has 0 radical (unpaired) electrons. The minimum absolute atomic E-state index is 0.0933. The highest BCUT2D eigenvalue weighted by Crippen LogP contribution is 2.13. The van der Waals surface area contributed by atoms with Crippen LogP contribution in [0.1, 0.15) is 18.2 Å². The van der Waals surface area contributed by atoms with Gasteiger partial charge in [0, 0.05) is 12.7 Å². The first-order valence-corrected chi connectivity index (χ1v) is 6.05. The topological polar surface area (TPSA) is 73.0 Å². The minimum Gasteiger partial charge on any atom is -0.325 e. The van der Waals surface area contributed by atoms with Gasteiger partial charge in [-0.25, -0.2) is 8.42 Å². The molecule has 1 rings (SSSR count). The Balaban J connectivity index is 3.22. The molecule has 14 heavy (non-hydrogen) atoms. The highest BCUT2D eigenvalue weighted by molar-refractivity contribution is 7.91. The maximum absolute atomic E-state index is 11.5. The number of rotatable bonds is 3. The average molecular weight is 214 g/mol. The van der Waals surface area contributed by atoms with Gasteiger partial charge in [0.1, 0.15) is 0 Å². The largest absolute Gasteiger partial charge is 0.325 e. The fourth-order valence-corrected chi connectivity index (χ4v) is 2.03. The molecule has 2 N–H and O–H groups in total. The Hall–Kier alpha value is -0.940. The Labute approximate surface area is 84.1 Å². The molecule has 0 aliphatic heterocycles. The van der Waals surface area contributed by atoms with Crippen molar-refractivity contribution in [2.75, 3.05) is 5.75 Å². The van der Waals surface area contributed by atoms with E-state index in [4.69, 9.17) is 5.73 Å². The van der Waals surface area contributed by atoms with Crippen molar-refractivity contribution in [2.45, 2.75) is 25.3 Å². The van der Waals surface area contributed by atoms with Gasteiger partial charge in [-0.2, -0.15) is 0 Å². The summed E-state index contributed by atoms with van der Waals surface area (Å²) in [6, 6.07) is 1.62. The predicted octanol–water partition coefficient (Wildman–Crippen LogP) is 0.642. The van der Waals surface area contributed by atoms with Gasteiger partial charge in [-0.15, -0.1) is 0 Å². The second-order valence-corrected chi connectivity index (χ2v) is 5.32. The molecule has 0 saturated carbocycles. The fraction of sp³-hybridized carbons (Fsp3) is 0.444. The Bertz CT molecular complexity index is 426. The van der Waals surface area contributed by atoms with Crippen LogP contribution in [0.4, 0.5) is 0 Å². The van der Waals surface area contributed by atoms with Crippen molar-refractivity contribution in [3.63, 3.8) is 0 Å². The zero-order valence-electron chi connectivity index (χ0n) is 8.32. The van der Waals surface area contributed by atoms with Gasteiger partial charge in [-0.3, -0.25) is 4.98 Å². The molecular formula is C9H14N2O2S. The van der Waals surface area contributed by atoms with Crippen molar-refractivity contribution >= 4 is 9.84 Å². The van der Waals surface area contributed by atoms with Crippen LogP contribution < -0.4 is 5.73 Å². The highest BCUT2D eigenvalue weighted by atomic mass is 32.2. The first-order chi connectivity index (χ1) is 6.51. The molecule has 0 saturated heterocycles. The molecule has 1 aromatic heterocycles. The van der Waals surface area contributed by atoms with Crippen molar-refractivity contribution in [1.82, 2.24) is 4.98 Å². The second-order valence-electron chi connectivity index (χ2n) is 3.04. The molecule has 1 heterocycles. The lowest BCUT2D eigenvalue weighted by atomic mass is 10.2. The smallest absolute Gasteiger partial charge is 0.179 e. The molecule has 1 aromatic rings. The van der Waals surface area contributed by atoms with Gasteiger partial charge in [0.05, 0.1) is 16.3 Å². The number of hydrogen-bond donors (Lipinski definition) is 1. The van der Waals surface area contributed by atoms with E-state index in [-0.39, 0.29) is 10.6 Å². The van der Waals surface area contributed by atoms with Crippen molar-refractivity contribution < 1.29 is 8.42 Å². The molecule has 0 fully saturated rings. The number of nitrogens with two attached hydrogens (primary N) is 1. The van der Waals surface area contributed by atoms with Crippen LogP contribution >= 0.6 is 0 Å². The summed E-state index contributed by atoms with van der Waals surface area (Å²) in [5, 5.41) is 0. The zero-order valence-corrected chi connectivity index (χ0v) is 9.13. The van der Waals surface area contributed by atoms with Crippen LogP contribution in [0.2, 0.25) is 0 Å². The normalized spacial score (nSPS) is 11.6. The van der Waals surface area contributed by atoms with Crippen LogP contribution in [0.5, 0.6) is 0 Å². The SMILES string of the molecule is CCS(=O)(=O)c1cnc(CN)c(C)c1. The van der Waals surface area contributed by atoms with E-state index in [1.807, 2.05) is 6.92 Å². The van der Waals surface area contributed by atoms with Gasteiger partial charge < -0.3 is 5.73 Å². The lowest BCUT2D eigenvalue weighted by molar-refractivity contribution is 0.596. The summed E-state index contributed by atoms with van der Waals surface area (Å²) in [4.78, 5) is 4.28. The fourth-order valence-electron chi connectivity index (χ4n) is 1.13. The van der Waals surface area contributed by atoms with Crippen LogP contribution in [-0.2, 0) is 16.4 Å². The number of pyridine rings is 1. The molecule has 0 spiro atoms. The molecule has 0 atom stereocenters. The van der Waals surface area contributed by atoms with Gasteiger partial charge in [-0.1, -0.05) is 6.92 Å². The van der Waals surface area contributed by atoms with E-state index in [1.54, 1.807) is 13.0 Å². The van der Waals surface area contributed by atoms with E-state index in [0.29, 0.717) is 6.54 Å². The van der Waals surface area contributed by atoms with Gasteiger partial charge in [-0.05, 0) is 18.6 Å². The maximum Gasteiger partial charge on any atom is 0.179 e. The number of nitrogens with zero attached hydrogens (tertiary/aromatic N) is 1. The van der Waals surface area contributed by atoms with Crippen molar-refractivity contribution in [2.24, 2.45) is 5.73 Å². The van der Waals surface area contributed by atoms with E-state index in [2.05, 4.69) is 4.98 Å². The van der Waals surface area contributed by atoms with Crippen LogP contribution in [0.15, 0.2) is 17.2 Å². The number of hydrogen-bond acceptors (Lipinski definition) is 4. The van der Waals surface area contributed by atoms with Crippen molar-refractivity contribution in [3.8, 4) is 0 Å². The number of sulfone groups is 1. The van der Waals surface area contributed by atoms with Gasteiger partial charge in [0.15, 0.2) is 9.84 Å². The van der Waals surface area contributed by atoms with Crippen LogP contribution in [0, 0.1) is 6.92 Å². The highest BCUT2D eigenvalue weighted by Gasteiger charge is 2.12. The maximum atomic E-state index is 11.5. The number of aryl methyl sites for hydroxylation is 1. The number of aromatic nitrogens is 1. The second kappa shape index (κ2) is 4.06. The van der Waals surface area contributed by atoms with Crippen molar-refractivity contribution in [1.29, 1.82) is 0 Å². The van der Waals surface area contributed by atoms with Gasteiger partial charge in [0.2, 0.25) is 0 Å². The molecule has 0 bridgehead atoms. The summed E-state index contributed by atoms with van der Waals surface area (Å²) in [7, 11) is -3.15. The average Bonchev–Trinajstić information content (AvgIpc) is 2.17. The molecule has 0 aromatic carbocycles. The molecular weight excluding hydrogens is 200 g/mol. The molecule has 0 aliphatic rings. The molecule has 4 nitrogen and oxygen atoms in total. The molecule has 0 amide bonds. The Kier molecular flexibility index (Phi) is 3.23. The molecule has 78 valence electrons. The summed E-state index contributed by atoms with van der Waals surface area (Å²) in [6.45, 7) is 3.75. The first kappa shape index (κ1) is 11.1. The van der Waals surface area contributed by atoms with E-state index in [1.165, 1.54) is 6.20 Å². The van der Waals surface area contributed by atoms with Crippen molar-refractivity contribution in [3.05, 3.63) is 23.5 Å². The van der Waals surface area contributed by atoms with E-state index in [9.17, 15) is 8.42 Å². The van der Waals surface area contributed by atoms with E-state index < -0.39 is 9.84 Å². The summed E-state index contributed by atoms with van der Waals surface area (Å²) in [5.74, 6) is 0.0933. The molecule has 0 unspecified atom stereocenters. The van der Waals surface area contributed by atoms with Gasteiger partial charge >= 0.3 is 0 Å². The van der Waals surface area contributed by atoms with E-state index >= 15 is 0 Å². The Morgan fingerprint density at radius 1 is 1.50 bits per heavy atom. The third-order valence-corrected chi connectivity index (χ3v) is 3.80. The zero-order chi connectivity index (χ0) is 10.8. The predicted molar refractivity (Wildman–Crippen MR) is 54.6 cm³/mol. The quantitative estimate of drug-likeness (QED) is 0.801. The van der Waals surface area contributed by atoms with Crippen LogP contribution in [0.3, 0.4) is 0 Å². The Morgan fingerprint density at radius 3 is 2.57 bits per heavy atom.